The molecule has 1 aromatic rings. The van der Waals surface area contributed by atoms with E-state index < -0.39 is 0 Å². The van der Waals surface area contributed by atoms with Crippen molar-refractivity contribution in [3.8, 4) is 0 Å². The van der Waals surface area contributed by atoms with Crippen molar-refractivity contribution >= 4 is 11.3 Å². The minimum absolute atomic E-state index is 0.695. The van der Waals surface area contributed by atoms with Gasteiger partial charge in [0.25, 0.3) is 0 Å². The molecule has 1 N–H and O–H groups in total. The fourth-order valence-electron chi connectivity index (χ4n) is 2.44. The monoisotopic (exact) mass is 253 g/mol. The molecule has 0 spiro atoms. The molecular weight excluding hydrogens is 230 g/mol. The lowest BCUT2D eigenvalue weighted by atomic mass is 10.1. The van der Waals surface area contributed by atoms with Crippen LogP contribution in [0.2, 0.25) is 0 Å². The smallest absolute Gasteiger partial charge is 0.0926 e. The van der Waals surface area contributed by atoms with Gasteiger partial charge in [0, 0.05) is 24.5 Å². The third kappa shape index (κ3) is 3.50. The Morgan fingerprint density at radius 1 is 1.53 bits per heavy atom. The van der Waals surface area contributed by atoms with Crippen molar-refractivity contribution in [1.82, 2.24) is 15.2 Å². The molecule has 0 aliphatic carbocycles. The quantitative estimate of drug-likeness (QED) is 0.872. The van der Waals surface area contributed by atoms with Gasteiger partial charge in [-0.3, -0.25) is 4.90 Å². The summed E-state index contributed by atoms with van der Waals surface area (Å²) in [7, 11) is 0. The van der Waals surface area contributed by atoms with Crippen molar-refractivity contribution in [2.24, 2.45) is 0 Å². The fourth-order valence-corrected chi connectivity index (χ4v) is 3.17. The van der Waals surface area contributed by atoms with Gasteiger partial charge in [-0.15, -0.1) is 11.3 Å². The van der Waals surface area contributed by atoms with E-state index in [1.165, 1.54) is 30.1 Å². The SMILES string of the molecule is CCc1nc(CN(CC)C2CCCNC2)cs1. The number of nitrogens with zero attached hydrogens (tertiary/aromatic N) is 2. The molecule has 0 bridgehead atoms. The topological polar surface area (TPSA) is 28.2 Å². The van der Waals surface area contributed by atoms with Crippen LogP contribution in [0.15, 0.2) is 5.38 Å². The predicted molar refractivity (Wildman–Crippen MR) is 73.5 cm³/mol. The van der Waals surface area contributed by atoms with Gasteiger partial charge in [0.1, 0.15) is 0 Å². The minimum Gasteiger partial charge on any atom is -0.315 e. The summed E-state index contributed by atoms with van der Waals surface area (Å²) in [6.45, 7) is 8.88. The first kappa shape index (κ1) is 13.0. The molecule has 4 heteroatoms. The Morgan fingerprint density at radius 3 is 3.00 bits per heavy atom. The van der Waals surface area contributed by atoms with Gasteiger partial charge in [-0.25, -0.2) is 4.98 Å². The average Bonchev–Trinajstić information content (AvgIpc) is 2.84. The van der Waals surface area contributed by atoms with Crippen LogP contribution in [0.4, 0.5) is 0 Å². The summed E-state index contributed by atoms with van der Waals surface area (Å²) in [5.74, 6) is 0. The summed E-state index contributed by atoms with van der Waals surface area (Å²) < 4.78 is 0. The van der Waals surface area contributed by atoms with Crippen LogP contribution in [-0.4, -0.2) is 35.6 Å². The highest BCUT2D eigenvalue weighted by Gasteiger charge is 2.20. The maximum Gasteiger partial charge on any atom is 0.0926 e. The Hall–Kier alpha value is -0.450. The van der Waals surface area contributed by atoms with E-state index in [1.54, 1.807) is 11.3 Å². The van der Waals surface area contributed by atoms with Gasteiger partial charge < -0.3 is 5.32 Å². The normalized spacial score (nSPS) is 21.0. The summed E-state index contributed by atoms with van der Waals surface area (Å²) in [6.07, 6.45) is 3.69. The molecule has 2 heterocycles. The third-order valence-corrected chi connectivity index (χ3v) is 4.50. The highest BCUT2D eigenvalue weighted by molar-refractivity contribution is 7.09. The van der Waals surface area contributed by atoms with E-state index in [2.05, 4.69) is 34.4 Å². The maximum absolute atomic E-state index is 4.67. The van der Waals surface area contributed by atoms with Crippen molar-refractivity contribution < 1.29 is 0 Å². The second-order valence-corrected chi connectivity index (χ2v) is 5.59. The Morgan fingerprint density at radius 2 is 2.41 bits per heavy atom. The number of aromatic nitrogens is 1. The highest BCUT2D eigenvalue weighted by atomic mass is 32.1. The average molecular weight is 253 g/mol. The van der Waals surface area contributed by atoms with Crippen LogP contribution in [-0.2, 0) is 13.0 Å². The fraction of sp³-hybridized carbons (Fsp3) is 0.769. The summed E-state index contributed by atoms with van der Waals surface area (Å²) in [5, 5.41) is 6.97. The van der Waals surface area contributed by atoms with Gasteiger partial charge in [0.15, 0.2) is 0 Å². The lowest BCUT2D eigenvalue weighted by Crippen LogP contribution is -2.45. The number of hydrogen-bond acceptors (Lipinski definition) is 4. The zero-order chi connectivity index (χ0) is 12.1. The third-order valence-electron chi connectivity index (χ3n) is 3.46. The molecule has 0 amide bonds. The molecule has 0 radical (unpaired) electrons. The highest BCUT2D eigenvalue weighted by Crippen LogP contribution is 2.16. The van der Waals surface area contributed by atoms with Crippen molar-refractivity contribution in [1.29, 1.82) is 0 Å². The first-order valence-corrected chi connectivity index (χ1v) is 7.59. The molecule has 3 nitrogen and oxygen atoms in total. The Kier molecular flexibility index (Phi) is 4.95. The first-order valence-electron chi connectivity index (χ1n) is 6.71. The number of hydrogen-bond donors (Lipinski definition) is 1. The minimum atomic E-state index is 0.695. The van der Waals surface area contributed by atoms with Crippen LogP contribution in [0.1, 0.15) is 37.4 Å². The molecule has 1 saturated heterocycles. The number of aryl methyl sites for hydroxylation is 1. The van der Waals surface area contributed by atoms with E-state index in [0.29, 0.717) is 6.04 Å². The zero-order valence-electron chi connectivity index (χ0n) is 10.9. The summed E-state index contributed by atoms with van der Waals surface area (Å²) in [5.41, 5.74) is 1.25. The van der Waals surface area contributed by atoms with Gasteiger partial charge >= 0.3 is 0 Å². The molecular formula is C13H23N3S. The van der Waals surface area contributed by atoms with E-state index in [4.69, 9.17) is 0 Å². The lowest BCUT2D eigenvalue weighted by molar-refractivity contribution is 0.164. The molecule has 1 unspecified atom stereocenters. The summed E-state index contributed by atoms with van der Waals surface area (Å²) in [4.78, 5) is 7.22. The summed E-state index contributed by atoms with van der Waals surface area (Å²) in [6, 6.07) is 0.695. The van der Waals surface area contributed by atoms with E-state index in [9.17, 15) is 0 Å². The molecule has 1 aromatic heterocycles. The van der Waals surface area contributed by atoms with E-state index in [0.717, 1.165) is 26.1 Å². The summed E-state index contributed by atoms with van der Waals surface area (Å²) >= 11 is 1.80. The van der Waals surface area contributed by atoms with Crippen LogP contribution in [0.25, 0.3) is 0 Å². The second kappa shape index (κ2) is 6.47. The van der Waals surface area contributed by atoms with Crippen molar-refractivity contribution in [2.75, 3.05) is 19.6 Å². The number of rotatable bonds is 5. The molecule has 96 valence electrons. The van der Waals surface area contributed by atoms with Gasteiger partial charge in [-0.05, 0) is 32.4 Å². The molecule has 1 aliphatic heterocycles. The van der Waals surface area contributed by atoms with Gasteiger partial charge in [0.2, 0.25) is 0 Å². The van der Waals surface area contributed by atoms with E-state index in [-0.39, 0.29) is 0 Å². The number of likely N-dealkylation sites (N-methyl/N-ethyl adjacent to an activating group) is 1. The molecule has 0 saturated carbocycles. The standard InChI is InChI=1S/C13H23N3S/c1-3-13-15-11(10-17-13)9-16(4-2)12-6-5-7-14-8-12/h10,12,14H,3-9H2,1-2H3. The second-order valence-electron chi connectivity index (χ2n) is 4.65. The lowest BCUT2D eigenvalue weighted by Gasteiger charge is -2.33. The zero-order valence-corrected chi connectivity index (χ0v) is 11.7. The van der Waals surface area contributed by atoms with Crippen LogP contribution in [0.3, 0.4) is 0 Å². The molecule has 0 aromatic carbocycles. The van der Waals surface area contributed by atoms with Crippen molar-refractivity contribution in [2.45, 2.75) is 45.7 Å². The van der Waals surface area contributed by atoms with Crippen molar-refractivity contribution in [3.05, 3.63) is 16.1 Å². The van der Waals surface area contributed by atoms with Crippen molar-refractivity contribution in [3.63, 3.8) is 0 Å². The largest absolute Gasteiger partial charge is 0.315 e. The number of thiazole rings is 1. The maximum atomic E-state index is 4.67. The van der Waals surface area contributed by atoms with Crippen LogP contribution in [0.5, 0.6) is 0 Å². The van der Waals surface area contributed by atoms with Gasteiger partial charge in [0.05, 0.1) is 10.7 Å². The molecule has 1 fully saturated rings. The van der Waals surface area contributed by atoms with Crippen LogP contribution >= 0.6 is 11.3 Å². The number of piperidine rings is 1. The van der Waals surface area contributed by atoms with Gasteiger partial charge in [-0.2, -0.15) is 0 Å². The Labute approximate surface area is 108 Å². The molecule has 2 rings (SSSR count). The first-order chi connectivity index (χ1) is 8.33. The Balaban J connectivity index is 1.93. The molecule has 1 aliphatic rings. The van der Waals surface area contributed by atoms with E-state index >= 15 is 0 Å². The van der Waals surface area contributed by atoms with Gasteiger partial charge in [-0.1, -0.05) is 13.8 Å². The number of nitrogens with one attached hydrogen (secondary N) is 1. The Bertz CT molecular complexity index is 331. The van der Waals surface area contributed by atoms with Crippen LogP contribution < -0.4 is 5.32 Å². The van der Waals surface area contributed by atoms with E-state index in [1.807, 2.05) is 0 Å². The predicted octanol–water partition coefficient (Wildman–Crippen LogP) is 2.28. The van der Waals surface area contributed by atoms with Crippen LogP contribution in [0, 0.1) is 0 Å². The molecule has 1 atom stereocenters. The molecule has 17 heavy (non-hydrogen) atoms.